The van der Waals surface area contributed by atoms with E-state index in [-0.39, 0.29) is 24.8 Å². The zero-order valence-corrected chi connectivity index (χ0v) is 25.5. The average molecular weight is 603 g/mol. The zero-order chi connectivity index (χ0) is 23.8. The number of fused-ring (bicyclic) bond motifs is 3. The van der Waals surface area contributed by atoms with E-state index in [0.29, 0.717) is 0 Å². The Bertz CT molecular complexity index is 1240. The molecular formula is C32H28Cl2SiZr-2. The Morgan fingerprint density at radius 2 is 1.25 bits per heavy atom. The number of hydrogen-bond donors (Lipinski definition) is 0. The van der Waals surface area contributed by atoms with Gasteiger partial charge in [0.1, 0.15) is 0 Å². The van der Waals surface area contributed by atoms with Crippen molar-refractivity contribution >= 4 is 15.8 Å². The number of halogens is 2. The minimum Gasteiger partial charge on any atom is -0.214 e. The standard InChI is InChI=1S/C15H13.C12H10Si.C5H5.2ClH.Zr/c1-10-3-5-14-12(7-10)9-13-8-11(2)4-6-15(13)14;1-3-7-11(8-4-1)13-12-9-5-2-6-10-12;1-2-4-5-3-1;;;/h3-7H,9H2,1-2H3;1-10H;1-5H;2*1H;/q-1;;-1;;;+2/p-2. The first-order chi connectivity index (χ1) is 16.6. The minimum absolute atomic E-state index is 0. The molecule has 0 heterocycles. The fraction of sp³-hybridized carbons (Fsp3) is 0.0938. The van der Waals surface area contributed by atoms with Crippen molar-refractivity contribution in [1.29, 1.82) is 0 Å². The van der Waals surface area contributed by atoms with E-state index in [1.807, 2.05) is 30.3 Å². The summed E-state index contributed by atoms with van der Waals surface area (Å²) in [6.07, 6.45) is 1.05. The molecule has 0 amide bonds. The van der Waals surface area contributed by atoms with Gasteiger partial charge in [-0.2, -0.15) is 42.0 Å². The second kappa shape index (κ2) is 15.2. The van der Waals surface area contributed by atoms with Crippen LogP contribution >= 0.6 is 0 Å². The van der Waals surface area contributed by atoms with Gasteiger partial charge in [0.05, 0.1) is 0 Å². The van der Waals surface area contributed by atoms with Gasteiger partial charge in [-0.25, -0.2) is 12.1 Å². The van der Waals surface area contributed by atoms with Gasteiger partial charge in [0.2, 0.25) is 0 Å². The normalized spacial score (nSPS) is 10.1. The molecule has 0 aromatic heterocycles. The van der Waals surface area contributed by atoms with Gasteiger partial charge in [-0.3, -0.25) is 0 Å². The van der Waals surface area contributed by atoms with Crippen molar-refractivity contribution in [2.24, 2.45) is 0 Å². The van der Waals surface area contributed by atoms with Crippen LogP contribution < -0.4 is 35.2 Å². The maximum Gasteiger partial charge on any atom is -0.172 e. The number of rotatable bonds is 2. The van der Waals surface area contributed by atoms with Gasteiger partial charge in [-0.15, -0.1) is 11.1 Å². The molecule has 0 unspecified atom stereocenters. The van der Waals surface area contributed by atoms with Crippen LogP contribution in [-0.2, 0) is 29.8 Å². The Hall–Kier alpha value is -2.09. The van der Waals surface area contributed by atoms with Gasteiger partial charge >= 0.3 is 99.8 Å². The van der Waals surface area contributed by atoms with Gasteiger partial charge in [0.15, 0.2) is 0 Å². The van der Waals surface area contributed by atoms with E-state index in [0.717, 1.165) is 6.42 Å². The van der Waals surface area contributed by atoms with Gasteiger partial charge in [-0.05, 0) is 18.9 Å². The van der Waals surface area contributed by atoms with Gasteiger partial charge in [-0.1, -0.05) is 36.2 Å². The molecule has 6 rings (SSSR count). The average Bonchev–Trinajstić information content (AvgIpc) is 3.56. The largest absolute Gasteiger partial charge is 0.214 e. The third-order valence-corrected chi connectivity index (χ3v) is 11.9. The van der Waals surface area contributed by atoms with Crippen molar-refractivity contribution in [3.05, 3.63) is 150 Å². The Morgan fingerprint density at radius 1 is 0.694 bits per heavy atom. The molecule has 0 aliphatic heterocycles. The van der Waals surface area contributed by atoms with E-state index in [4.69, 9.17) is 0 Å². The van der Waals surface area contributed by atoms with Crippen LogP contribution in [0.2, 0.25) is 0 Å². The molecule has 5 aromatic rings. The molecule has 1 aliphatic carbocycles. The van der Waals surface area contributed by atoms with Crippen molar-refractivity contribution < 1.29 is 48.1 Å². The van der Waals surface area contributed by atoms with E-state index in [1.165, 1.54) is 43.8 Å². The monoisotopic (exact) mass is 600 g/mol. The maximum atomic E-state index is 3.45. The van der Waals surface area contributed by atoms with Crippen LogP contribution in [0.4, 0.5) is 0 Å². The summed E-state index contributed by atoms with van der Waals surface area (Å²) in [5.74, 6) is 0. The van der Waals surface area contributed by atoms with Crippen molar-refractivity contribution in [1.82, 2.24) is 0 Å². The summed E-state index contributed by atoms with van der Waals surface area (Å²) >= 11 is 1.64. The molecule has 0 saturated carbocycles. The SMILES string of the molecule is Cc1[c-]c2c(cc1)-c1ccc(C)cc1C2.[Cl-].[Cl-].[Zr+2]=[Si](c1ccccc1)c1ccccc1.c1cc[cH-]c1. The molecule has 4 heteroatoms. The zero-order valence-electron chi connectivity index (χ0n) is 20.5. The molecule has 0 bridgehead atoms. The summed E-state index contributed by atoms with van der Waals surface area (Å²) in [7, 11) is 0. The molecule has 0 nitrogen and oxygen atoms in total. The number of benzene rings is 4. The van der Waals surface area contributed by atoms with Crippen LogP contribution in [-0.4, -0.2) is 5.43 Å². The molecule has 1 aliphatic rings. The van der Waals surface area contributed by atoms with E-state index in [2.05, 4.69) is 111 Å². The fourth-order valence-electron chi connectivity index (χ4n) is 4.07. The van der Waals surface area contributed by atoms with Crippen LogP contribution in [0.5, 0.6) is 0 Å². The first kappa shape index (κ1) is 30.1. The molecule has 0 N–H and O–H groups in total. The molecule has 0 spiro atoms. The maximum absolute atomic E-state index is 3.45. The molecule has 180 valence electrons. The Labute approximate surface area is 243 Å². The quantitative estimate of drug-likeness (QED) is 0.199. The second-order valence-corrected chi connectivity index (χ2v) is 14.0. The van der Waals surface area contributed by atoms with Crippen molar-refractivity contribution in [2.75, 3.05) is 0 Å². The van der Waals surface area contributed by atoms with E-state index in [9.17, 15) is 0 Å². The Morgan fingerprint density at radius 3 is 1.78 bits per heavy atom. The van der Waals surface area contributed by atoms with Gasteiger partial charge in [0.25, 0.3) is 0 Å². The third-order valence-electron chi connectivity index (χ3n) is 5.77. The van der Waals surface area contributed by atoms with Crippen LogP contribution in [0.3, 0.4) is 0 Å². The summed E-state index contributed by atoms with van der Waals surface area (Å²) in [5, 5.41) is 3.03. The topological polar surface area (TPSA) is 0 Å². The van der Waals surface area contributed by atoms with Gasteiger partial charge in [0, 0.05) is 0 Å². The minimum atomic E-state index is -0.455. The smallest absolute Gasteiger partial charge is 0.172 e. The first-order valence-electron chi connectivity index (χ1n) is 11.6. The summed E-state index contributed by atoms with van der Waals surface area (Å²) in [6, 6.07) is 46.2. The summed E-state index contributed by atoms with van der Waals surface area (Å²) < 4.78 is 0. The summed E-state index contributed by atoms with van der Waals surface area (Å²) in [6.45, 7) is 4.26. The van der Waals surface area contributed by atoms with Crippen LogP contribution in [0.15, 0.2) is 121 Å². The Kier molecular flexibility index (Phi) is 12.7. The molecule has 0 radical (unpaired) electrons. The van der Waals surface area contributed by atoms with Crippen molar-refractivity contribution in [2.45, 2.75) is 20.3 Å². The number of aryl methyl sites for hydroxylation is 2. The molecule has 36 heavy (non-hydrogen) atoms. The molecule has 0 saturated heterocycles. The van der Waals surface area contributed by atoms with Crippen molar-refractivity contribution in [3.63, 3.8) is 0 Å². The number of hydrogen-bond acceptors (Lipinski definition) is 0. The molecule has 0 fully saturated rings. The molecule has 0 atom stereocenters. The van der Waals surface area contributed by atoms with Crippen LogP contribution in [0.1, 0.15) is 22.3 Å². The Balaban J connectivity index is 0.000000204. The summed E-state index contributed by atoms with van der Waals surface area (Å²) in [4.78, 5) is 0. The molecular weight excluding hydrogens is 575 g/mol. The second-order valence-electron chi connectivity index (χ2n) is 8.44. The predicted molar refractivity (Wildman–Crippen MR) is 143 cm³/mol. The summed E-state index contributed by atoms with van der Waals surface area (Å²) in [5.41, 5.74) is 7.70. The van der Waals surface area contributed by atoms with E-state index >= 15 is 0 Å². The van der Waals surface area contributed by atoms with E-state index < -0.39 is 5.43 Å². The van der Waals surface area contributed by atoms with Crippen LogP contribution in [0.25, 0.3) is 11.1 Å². The molecule has 5 aromatic carbocycles. The third kappa shape index (κ3) is 8.22. The predicted octanol–water partition coefficient (Wildman–Crippen LogP) is 0.427. The van der Waals surface area contributed by atoms with Gasteiger partial charge < -0.3 is 24.8 Å². The van der Waals surface area contributed by atoms with E-state index in [1.54, 1.807) is 23.3 Å². The first-order valence-corrected chi connectivity index (χ1v) is 16.8. The fourth-order valence-corrected chi connectivity index (χ4v) is 7.91. The van der Waals surface area contributed by atoms with Crippen molar-refractivity contribution in [3.8, 4) is 11.1 Å². The van der Waals surface area contributed by atoms with Crippen LogP contribution in [0, 0.1) is 19.9 Å².